The molecule has 5 nitrogen and oxygen atoms in total. The van der Waals surface area contributed by atoms with Crippen LogP contribution >= 0.6 is 0 Å². The second-order valence-electron chi connectivity index (χ2n) is 7.69. The molecule has 3 aromatic rings. The summed E-state index contributed by atoms with van der Waals surface area (Å²) in [6, 6.07) is 12.4. The number of rotatable bonds is 7. The Morgan fingerprint density at radius 2 is 1.83 bits per heavy atom. The third-order valence-electron chi connectivity index (χ3n) is 5.97. The van der Waals surface area contributed by atoms with Crippen LogP contribution in [0.15, 0.2) is 57.7 Å². The van der Waals surface area contributed by atoms with Gasteiger partial charge in [-0.15, -0.1) is 0 Å². The van der Waals surface area contributed by atoms with Crippen LogP contribution in [0.1, 0.15) is 48.0 Å². The standard InChI is InChI=1S/C24H25FN2O3/c1-3-26(4-2)13-8-14-27-21(16-9-7-10-17(25)15-16)20-22(28)18-11-5-6-12-19(18)30-23(20)24(27)29/h5-7,9-12,15,21H,3-4,8,13-14H2,1-2H3/p+1/t21-/m1/s1. The SMILES string of the molecule is CC[NH+](CC)CCCN1C(=O)c2oc3ccccc3c(=O)c2[C@H]1c1cccc(F)c1. The lowest BCUT2D eigenvalue weighted by Crippen LogP contribution is -3.11. The summed E-state index contributed by atoms with van der Waals surface area (Å²) in [6.07, 6.45) is 0.788. The van der Waals surface area contributed by atoms with E-state index in [0.717, 1.165) is 26.1 Å². The number of amides is 1. The van der Waals surface area contributed by atoms with Crippen molar-refractivity contribution >= 4 is 16.9 Å². The predicted molar refractivity (Wildman–Crippen MR) is 113 cm³/mol. The van der Waals surface area contributed by atoms with E-state index in [1.165, 1.54) is 17.0 Å². The van der Waals surface area contributed by atoms with E-state index in [1.54, 1.807) is 41.3 Å². The molecule has 6 heteroatoms. The van der Waals surface area contributed by atoms with E-state index in [9.17, 15) is 14.0 Å². The summed E-state index contributed by atoms with van der Waals surface area (Å²) in [7, 11) is 0. The van der Waals surface area contributed by atoms with Gasteiger partial charge in [-0.3, -0.25) is 9.59 Å². The van der Waals surface area contributed by atoms with Crippen LogP contribution < -0.4 is 10.3 Å². The molecule has 0 radical (unpaired) electrons. The second-order valence-corrected chi connectivity index (χ2v) is 7.69. The van der Waals surface area contributed by atoms with Crippen molar-refractivity contribution in [2.24, 2.45) is 0 Å². The Kier molecular flexibility index (Phi) is 5.68. The Bertz CT molecular complexity index is 1140. The van der Waals surface area contributed by atoms with Gasteiger partial charge in [0.15, 0.2) is 5.43 Å². The third-order valence-corrected chi connectivity index (χ3v) is 5.97. The topological polar surface area (TPSA) is 55.0 Å². The third kappa shape index (κ3) is 3.52. The van der Waals surface area contributed by atoms with E-state index in [-0.39, 0.29) is 17.1 Å². The zero-order chi connectivity index (χ0) is 21.3. The highest BCUT2D eigenvalue weighted by atomic mass is 19.1. The van der Waals surface area contributed by atoms with Crippen LogP contribution in [0.4, 0.5) is 4.39 Å². The number of carbonyl (C=O) groups excluding carboxylic acids is 1. The van der Waals surface area contributed by atoms with Crippen molar-refractivity contribution in [2.75, 3.05) is 26.2 Å². The summed E-state index contributed by atoms with van der Waals surface area (Å²) in [4.78, 5) is 29.7. The van der Waals surface area contributed by atoms with Crippen LogP contribution in [0.3, 0.4) is 0 Å². The number of nitrogens with zero attached hydrogens (tertiary/aromatic N) is 1. The summed E-state index contributed by atoms with van der Waals surface area (Å²) in [5, 5.41) is 0.430. The van der Waals surface area contributed by atoms with Gasteiger partial charge in [0.2, 0.25) is 5.76 Å². The fourth-order valence-corrected chi connectivity index (χ4v) is 4.32. The minimum Gasteiger partial charge on any atom is -0.450 e. The van der Waals surface area contributed by atoms with Gasteiger partial charge in [0.05, 0.1) is 36.6 Å². The molecule has 0 unspecified atom stereocenters. The van der Waals surface area contributed by atoms with Gasteiger partial charge in [0.25, 0.3) is 5.91 Å². The minimum atomic E-state index is -0.643. The first-order chi connectivity index (χ1) is 14.5. The lowest BCUT2D eigenvalue weighted by Gasteiger charge is -2.26. The molecule has 156 valence electrons. The molecule has 2 heterocycles. The van der Waals surface area contributed by atoms with Crippen molar-refractivity contribution in [2.45, 2.75) is 26.3 Å². The molecule has 4 rings (SSSR count). The zero-order valence-electron chi connectivity index (χ0n) is 17.3. The largest absolute Gasteiger partial charge is 0.450 e. The Balaban J connectivity index is 1.79. The molecule has 1 aliphatic heterocycles. The Hall–Kier alpha value is -2.99. The van der Waals surface area contributed by atoms with Crippen LogP contribution in [0.25, 0.3) is 11.0 Å². The predicted octanol–water partition coefficient (Wildman–Crippen LogP) is 2.79. The highest BCUT2D eigenvalue weighted by molar-refractivity contribution is 5.99. The maximum absolute atomic E-state index is 14.0. The fraction of sp³-hybridized carbons (Fsp3) is 0.333. The van der Waals surface area contributed by atoms with Crippen LogP contribution in [-0.4, -0.2) is 37.0 Å². The lowest BCUT2D eigenvalue weighted by molar-refractivity contribution is -0.896. The average Bonchev–Trinajstić information content (AvgIpc) is 3.03. The number of para-hydroxylation sites is 1. The highest BCUT2D eigenvalue weighted by Crippen LogP contribution is 2.38. The first-order valence-corrected chi connectivity index (χ1v) is 10.5. The molecule has 0 saturated carbocycles. The summed E-state index contributed by atoms with van der Waals surface area (Å²) in [6.45, 7) is 7.71. The van der Waals surface area contributed by atoms with Crippen molar-refractivity contribution in [3.63, 3.8) is 0 Å². The maximum atomic E-state index is 14.0. The van der Waals surface area contributed by atoms with Gasteiger partial charge in [0, 0.05) is 13.0 Å². The number of hydrogen-bond acceptors (Lipinski definition) is 3. The lowest BCUT2D eigenvalue weighted by atomic mass is 9.98. The number of quaternary nitrogens is 1. The molecule has 1 N–H and O–H groups in total. The van der Waals surface area contributed by atoms with Crippen molar-refractivity contribution in [3.05, 3.63) is 81.5 Å². The molecule has 1 aliphatic rings. The normalized spacial score (nSPS) is 15.9. The first kappa shape index (κ1) is 20.3. The summed E-state index contributed by atoms with van der Waals surface area (Å²) in [5.41, 5.74) is 1.05. The first-order valence-electron chi connectivity index (χ1n) is 10.5. The molecule has 0 fully saturated rings. The molecule has 1 atom stereocenters. The smallest absolute Gasteiger partial charge is 0.290 e. The number of nitrogens with one attached hydrogen (secondary N) is 1. The van der Waals surface area contributed by atoms with E-state index in [0.29, 0.717) is 28.6 Å². The van der Waals surface area contributed by atoms with Crippen LogP contribution in [-0.2, 0) is 0 Å². The number of carbonyl (C=O) groups is 1. The Morgan fingerprint density at radius 3 is 2.57 bits per heavy atom. The van der Waals surface area contributed by atoms with Gasteiger partial charge in [-0.05, 0) is 43.7 Å². The molecule has 1 amide bonds. The minimum absolute atomic E-state index is 0.0724. The van der Waals surface area contributed by atoms with Gasteiger partial charge in [-0.2, -0.15) is 0 Å². The van der Waals surface area contributed by atoms with E-state index in [2.05, 4.69) is 13.8 Å². The fourth-order valence-electron chi connectivity index (χ4n) is 4.32. The van der Waals surface area contributed by atoms with E-state index >= 15 is 0 Å². The van der Waals surface area contributed by atoms with Gasteiger partial charge >= 0.3 is 0 Å². The molecule has 0 aliphatic carbocycles. The molecule has 1 aromatic heterocycles. The summed E-state index contributed by atoms with van der Waals surface area (Å²) >= 11 is 0. The summed E-state index contributed by atoms with van der Waals surface area (Å²) < 4.78 is 19.9. The monoisotopic (exact) mass is 409 g/mol. The zero-order valence-corrected chi connectivity index (χ0v) is 17.3. The maximum Gasteiger partial charge on any atom is 0.290 e. The summed E-state index contributed by atoms with van der Waals surface area (Å²) in [5.74, 6) is -0.633. The second kappa shape index (κ2) is 8.40. The number of fused-ring (bicyclic) bond motifs is 2. The highest BCUT2D eigenvalue weighted by Gasteiger charge is 2.42. The molecular weight excluding hydrogens is 383 g/mol. The molecule has 2 aromatic carbocycles. The van der Waals surface area contributed by atoms with Gasteiger partial charge in [-0.25, -0.2) is 4.39 Å². The van der Waals surface area contributed by atoms with Gasteiger partial charge in [-0.1, -0.05) is 24.3 Å². The van der Waals surface area contributed by atoms with Crippen LogP contribution in [0, 0.1) is 5.82 Å². The quantitative estimate of drug-likeness (QED) is 0.653. The average molecular weight is 409 g/mol. The van der Waals surface area contributed by atoms with Gasteiger partial charge in [0.1, 0.15) is 11.4 Å². The van der Waals surface area contributed by atoms with Crippen molar-refractivity contribution < 1.29 is 18.5 Å². The van der Waals surface area contributed by atoms with Gasteiger partial charge < -0.3 is 14.2 Å². The number of benzene rings is 2. The van der Waals surface area contributed by atoms with E-state index in [1.807, 2.05) is 0 Å². The molecule has 0 bridgehead atoms. The van der Waals surface area contributed by atoms with Crippen molar-refractivity contribution in [3.8, 4) is 0 Å². The molecule has 0 saturated heterocycles. The van der Waals surface area contributed by atoms with Crippen molar-refractivity contribution in [1.29, 1.82) is 0 Å². The molecule has 30 heavy (non-hydrogen) atoms. The Morgan fingerprint density at radius 1 is 1.07 bits per heavy atom. The van der Waals surface area contributed by atoms with E-state index < -0.39 is 11.9 Å². The van der Waals surface area contributed by atoms with E-state index in [4.69, 9.17) is 4.42 Å². The van der Waals surface area contributed by atoms with Crippen LogP contribution in [0.2, 0.25) is 0 Å². The van der Waals surface area contributed by atoms with Crippen molar-refractivity contribution in [1.82, 2.24) is 4.90 Å². The molecular formula is C24H26FN2O3+. The Labute approximate surface area is 174 Å². The number of hydrogen-bond donors (Lipinski definition) is 1. The van der Waals surface area contributed by atoms with Crippen LogP contribution in [0.5, 0.6) is 0 Å². The molecule has 0 spiro atoms. The number of halogens is 1.